The Balaban J connectivity index is 0.000000258. The van der Waals surface area contributed by atoms with Gasteiger partial charge >= 0.3 is 18.5 Å². The highest BCUT2D eigenvalue weighted by Crippen LogP contribution is 2.45. The van der Waals surface area contributed by atoms with Crippen LogP contribution in [0.5, 0.6) is 0 Å². The molecule has 0 aliphatic carbocycles. The Morgan fingerprint density at radius 3 is 1.26 bits per heavy atom. The number of aryl methyl sites for hydroxylation is 3. The van der Waals surface area contributed by atoms with E-state index in [0.29, 0.717) is 0 Å². The molecule has 0 fully saturated rings. The van der Waals surface area contributed by atoms with E-state index in [1.54, 1.807) is 4.90 Å². The second-order valence-electron chi connectivity index (χ2n) is 10.1. The molecule has 4 aromatic carbocycles. The van der Waals surface area contributed by atoms with Gasteiger partial charge in [-0.3, -0.25) is 0 Å². The summed E-state index contributed by atoms with van der Waals surface area (Å²) in [4.78, 5) is 1.56. The summed E-state index contributed by atoms with van der Waals surface area (Å²) in [6.07, 6.45) is -14.2. The van der Waals surface area contributed by atoms with Crippen molar-refractivity contribution in [1.82, 2.24) is 0 Å². The minimum Gasteiger partial charge on any atom is -0.744 e. The lowest BCUT2D eigenvalue weighted by Gasteiger charge is -2.22. The van der Waals surface area contributed by atoms with Crippen molar-refractivity contribution < 1.29 is 52.5 Å². The van der Waals surface area contributed by atoms with E-state index in [1.165, 1.54) is 26.5 Å². The minimum atomic E-state index is -6.35. The van der Waals surface area contributed by atoms with E-state index < -0.39 is 62.4 Å². The van der Waals surface area contributed by atoms with Gasteiger partial charge in [0.1, 0.15) is 10.1 Å². The lowest BCUT2D eigenvalue weighted by atomic mass is 10.0. The molecule has 47 heavy (non-hydrogen) atoms. The lowest BCUT2D eigenvalue weighted by molar-refractivity contribution is -0.152. The Morgan fingerprint density at radius 1 is 0.596 bits per heavy atom. The van der Waals surface area contributed by atoms with Gasteiger partial charge in [-0.15, -0.1) is 0 Å². The normalized spacial score (nSPS) is 12.6. The third-order valence-electron chi connectivity index (χ3n) is 6.91. The molecule has 3 nitrogen and oxygen atoms in total. The predicted molar refractivity (Wildman–Crippen MR) is 159 cm³/mol. The molecule has 0 saturated heterocycles. The Kier molecular flexibility index (Phi) is 11.9. The maximum atomic E-state index is 12.6. The van der Waals surface area contributed by atoms with Gasteiger partial charge in [0, 0.05) is 11.1 Å². The molecule has 0 aliphatic rings. The first-order chi connectivity index (χ1) is 21.7. The van der Waals surface area contributed by atoms with Gasteiger partial charge in [0.15, 0.2) is 14.7 Å². The third-order valence-corrected chi connectivity index (χ3v) is 10.3. The minimum absolute atomic E-state index is 0.0478. The van der Waals surface area contributed by atoms with E-state index in [0.717, 1.165) is 19.3 Å². The van der Waals surface area contributed by atoms with Crippen LogP contribution in [0.2, 0.25) is 0 Å². The first kappa shape index (κ1) is 38.0. The number of alkyl halides is 9. The molecule has 0 amide bonds. The molecular formula is C33H29F9O3S2. The number of hydrogen-bond donors (Lipinski definition) is 0. The lowest BCUT2D eigenvalue weighted by Crippen LogP contribution is -2.22. The topological polar surface area (TPSA) is 57.2 Å². The first-order valence-corrected chi connectivity index (χ1v) is 16.7. The fraction of sp³-hybridized carbons (Fsp3) is 0.273. The van der Waals surface area contributed by atoms with Crippen molar-refractivity contribution >= 4 is 21.0 Å². The van der Waals surface area contributed by atoms with Crippen LogP contribution in [0.15, 0.2) is 105 Å². The Hall–Kier alpha value is -3.49. The zero-order chi connectivity index (χ0) is 35.4. The van der Waals surface area contributed by atoms with Gasteiger partial charge in [-0.1, -0.05) is 69.3 Å². The van der Waals surface area contributed by atoms with E-state index in [4.69, 9.17) is 0 Å². The van der Waals surface area contributed by atoms with Gasteiger partial charge in [0.05, 0.1) is 32.5 Å². The van der Waals surface area contributed by atoms with Crippen LogP contribution in [0.3, 0.4) is 0 Å². The number of rotatable bonds is 7. The second kappa shape index (κ2) is 14.7. The standard InChI is InChI=1S/C24H27S.C9H3F9O3S/c1-4-19-17-20(5-2)24(21(6-3)18-19)25(22-13-9-7-10-14-22)23-15-11-8-12-16-23;10-7(11,12)3-1-4(8(13,14)15)6(22(19,20)21)5(2-3)9(16,17)18/h7-18H,4-6H2,1-3H3;1-2H,(H,19,20,21)/q+1;/p-1. The molecule has 0 unspecified atom stereocenters. The van der Waals surface area contributed by atoms with E-state index in [2.05, 4.69) is 93.6 Å². The van der Waals surface area contributed by atoms with Gasteiger partial charge < -0.3 is 4.55 Å². The van der Waals surface area contributed by atoms with Crippen LogP contribution in [0, 0.1) is 0 Å². The van der Waals surface area contributed by atoms with Crippen LogP contribution in [-0.4, -0.2) is 13.0 Å². The molecule has 0 saturated carbocycles. The highest BCUT2D eigenvalue weighted by Gasteiger charge is 2.46. The van der Waals surface area contributed by atoms with Crippen LogP contribution < -0.4 is 0 Å². The van der Waals surface area contributed by atoms with E-state index in [1.807, 2.05) is 0 Å². The van der Waals surface area contributed by atoms with Gasteiger partial charge in [0.2, 0.25) is 0 Å². The molecule has 0 aliphatic heterocycles. The van der Waals surface area contributed by atoms with Gasteiger partial charge in [-0.05, 0) is 61.2 Å². The predicted octanol–water partition coefficient (Wildman–Crippen LogP) is 10.1. The third kappa shape index (κ3) is 9.32. The Bertz CT molecular complexity index is 1670. The Morgan fingerprint density at radius 2 is 0.979 bits per heavy atom. The van der Waals surface area contributed by atoms with Gasteiger partial charge in [-0.2, -0.15) is 39.5 Å². The number of hydrogen-bond acceptors (Lipinski definition) is 3. The molecule has 4 rings (SSSR count). The highest BCUT2D eigenvalue weighted by molar-refractivity contribution is 7.97. The second-order valence-corrected chi connectivity index (χ2v) is 13.4. The van der Waals surface area contributed by atoms with Gasteiger partial charge in [0.25, 0.3) is 0 Å². The van der Waals surface area contributed by atoms with Crippen LogP contribution in [-0.2, 0) is 58.8 Å². The summed E-state index contributed by atoms with van der Waals surface area (Å²) < 4.78 is 145. The molecule has 0 spiro atoms. The number of benzene rings is 4. The molecule has 254 valence electrons. The molecule has 4 aromatic rings. The van der Waals surface area contributed by atoms with E-state index >= 15 is 0 Å². The van der Waals surface area contributed by atoms with Crippen molar-refractivity contribution in [2.24, 2.45) is 0 Å². The SMILES string of the molecule is CCc1cc(CC)c([S+](c2ccccc2)c2ccccc2)c(CC)c1.O=S(=O)([O-])c1c(C(F)(F)F)cc(C(F)(F)F)cc1C(F)(F)F. The monoisotopic (exact) mass is 708 g/mol. The van der Waals surface area contributed by atoms with Crippen LogP contribution in [0.25, 0.3) is 0 Å². The quantitative estimate of drug-likeness (QED) is 0.109. The molecule has 0 N–H and O–H groups in total. The zero-order valence-corrected chi connectivity index (χ0v) is 26.8. The van der Waals surface area contributed by atoms with Crippen LogP contribution >= 0.6 is 0 Å². The summed E-state index contributed by atoms with van der Waals surface area (Å²) in [7, 11) is -6.40. The summed E-state index contributed by atoms with van der Waals surface area (Å²) in [5.41, 5.74) is -3.57. The van der Waals surface area contributed by atoms with Gasteiger partial charge in [-0.25, -0.2) is 8.42 Å². The summed E-state index contributed by atoms with van der Waals surface area (Å²) in [5, 5.41) is 0. The van der Waals surface area contributed by atoms with Crippen molar-refractivity contribution in [3.63, 3.8) is 0 Å². The molecule has 0 heterocycles. The number of halogens is 9. The summed E-state index contributed by atoms with van der Waals surface area (Å²) in [6, 6.07) is 25.1. The molecule has 0 radical (unpaired) electrons. The zero-order valence-electron chi connectivity index (χ0n) is 25.1. The first-order valence-electron chi connectivity index (χ1n) is 14.1. The van der Waals surface area contributed by atoms with E-state index in [-0.39, 0.29) is 10.9 Å². The average Bonchev–Trinajstić information content (AvgIpc) is 3.00. The van der Waals surface area contributed by atoms with Crippen molar-refractivity contribution in [3.8, 4) is 0 Å². The smallest absolute Gasteiger partial charge is 0.417 e. The molecular weight excluding hydrogens is 679 g/mol. The highest BCUT2D eigenvalue weighted by atomic mass is 32.2. The van der Waals surface area contributed by atoms with Crippen LogP contribution in [0.4, 0.5) is 39.5 Å². The van der Waals surface area contributed by atoms with Crippen molar-refractivity contribution in [3.05, 3.63) is 118 Å². The van der Waals surface area contributed by atoms with E-state index in [9.17, 15) is 52.5 Å². The van der Waals surface area contributed by atoms with Crippen molar-refractivity contribution in [1.29, 1.82) is 0 Å². The maximum Gasteiger partial charge on any atom is 0.417 e. The van der Waals surface area contributed by atoms with Crippen molar-refractivity contribution in [2.75, 3.05) is 0 Å². The maximum absolute atomic E-state index is 12.6. The largest absolute Gasteiger partial charge is 0.744 e. The fourth-order valence-corrected chi connectivity index (χ4v) is 8.21. The summed E-state index contributed by atoms with van der Waals surface area (Å²) in [6.45, 7) is 6.83. The average molecular weight is 709 g/mol. The van der Waals surface area contributed by atoms with Crippen LogP contribution in [0.1, 0.15) is 54.2 Å². The molecule has 0 atom stereocenters. The Labute approximate surface area is 269 Å². The van der Waals surface area contributed by atoms with Crippen molar-refractivity contribution in [2.45, 2.75) is 78.1 Å². The summed E-state index contributed by atoms with van der Waals surface area (Å²) >= 11 is 0. The molecule has 0 bridgehead atoms. The molecule has 14 heteroatoms. The molecule has 0 aromatic heterocycles. The summed E-state index contributed by atoms with van der Waals surface area (Å²) in [5.74, 6) is 0. The fourth-order valence-electron chi connectivity index (χ4n) is 4.79.